The Hall–Kier alpha value is -3.88. The van der Waals surface area contributed by atoms with Crippen molar-refractivity contribution in [3.63, 3.8) is 0 Å². The Morgan fingerprint density at radius 1 is 1.03 bits per heavy atom. The number of ketones is 1. The van der Waals surface area contributed by atoms with Gasteiger partial charge in [0.05, 0.1) is 30.0 Å². The third kappa shape index (κ3) is 3.90. The minimum absolute atomic E-state index is 0.0568. The molecule has 1 N–H and O–H groups in total. The predicted octanol–water partition coefficient (Wildman–Crippen LogP) is 5.59. The molecule has 3 aromatic carbocycles. The summed E-state index contributed by atoms with van der Waals surface area (Å²) in [6.07, 6.45) is 0. The van der Waals surface area contributed by atoms with E-state index in [1.807, 2.05) is 6.07 Å². The first kappa shape index (κ1) is 22.9. The van der Waals surface area contributed by atoms with E-state index in [0.717, 1.165) is 4.70 Å². The van der Waals surface area contributed by atoms with Gasteiger partial charge in [-0.3, -0.25) is 14.5 Å². The van der Waals surface area contributed by atoms with Gasteiger partial charge in [0.1, 0.15) is 23.3 Å². The van der Waals surface area contributed by atoms with Gasteiger partial charge in [0.2, 0.25) is 0 Å². The number of nitrogens with zero attached hydrogens (tertiary/aromatic N) is 2. The number of Topliss-reactive ketones (excluding diaryl/α,β-unsaturated/α-hetero) is 1. The Kier molecular flexibility index (Phi) is 5.92. The van der Waals surface area contributed by atoms with Crippen molar-refractivity contribution in [3.8, 4) is 11.5 Å². The Bertz CT molecular complexity index is 1500. The number of amides is 1. The minimum atomic E-state index is -0.954. The molecule has 176 valence electrons. The van der Waals surface area contributed by atoms with Crippen LogP contribution in [0.25, 0.3) is 16.0 Å². The van der Waals surface area contributed by atoms with Crippen LogP contribution in [0.1, 0.15) is 17.2 Å². The first-order valence-electron chi connectivity index (χ1n) is 10.6. The number of aliphatic hydroxyl groups excluding tert-OH is 1. The fourth-order valence-electron chi connectivity index (χ4n) is 4.10. The topological polar surface area (TPSA) is 89.0 Å². The second-order valence-electron chi connectivity index (χ2n) is 7.75. The Morgan fingerprint density at radius 3 is 2.49 bits per heavy atom. The number of methoxy groups -OCH3 is 2. The lowest BCUT2D eigenvalue weighted by molar-refractivity contribution is -0.132. The molecular formula is C26H19ClN2O5S. The highest BCUT2D eigenvalue weighted by molar-refractivity contribution is 7.22. The summed E-state index contributed by atoms with van der Waals surface area (Å²) >= 11 is 7.25. The maximum absolute atomic E-state index is 13.4. The van der Waals surface area contributed by atoms with E-state index in [-0.39, 0.29) is 11.3 Å². The van der Waals surface area contributed by atoms with Crippen molar-refractivity contribution >= 4 is 55.7 Å². The second kappa shape index (κ2) is 9.05. The molecule has 35 heavy (non-hydrogen) atoms. The van der Waals surface area contributed by atoms with Crippen molar-refractivity contribution in [2.24, 2.45) is 0 Å². The van der Waals surface area contributed by atoms with Gasteiger partial charge in [-0.2, -0.15) is 0 Å². The summed E-state index contributed by atoms with van der Waals surface area (Å²) in [5.41, 5.74) is 1.51. The van der Waals surface area contributed by atoms with E-state index in [0.29, 0.717) is 38.3 Å². The lowest BCUT2D eigenvalue weighted by atomic mass is 9.95. The third-order valence-electron chi connectivity index (χ3n) is 5.79. The summed E-state index contributed by atoms with van der Waals surface area (Å²) in [7, 11) is 3.08. The molecule has 0 bridgehead atoms. The average Bonchev–Trinajstić information content (AvgIpc) is 3.41. The highest BCUT2D eigenvalue weighted by Gasteiger charge is 2.49. The normalized spacial score (nSPS) is 17.2. The summed E-state index contributed by atoms with van der Waals surface area (Å²) in [6, 6.07) is 17.9. The number of fused-ring (bicyclic) bond motifs is 1. The van der Waals surface area contributed by atoms with Crippen LogP contribution >= 0.6 is 22.9 Å². The van der Waals surface area contributed by atoms with Gasteiger partial charge in [-0.15, -0.1) is 0 Å². The van der Waals surface area contributed by atoms with Gasteiger partial charge >= 0.3 is 5.91 Å². The minimum Gasteiger partial charge on any atom is -0.507 e. The van der Waals surface area contributed by atoms with E-state index in [9.17, 15) is 14.7 Å². The molecule has 9 heteroatoms. The third-order valence-corrected chi connectivity index (χ3v) is 7.06. The molecule has 4 aromatic rings. The van der Waals surface area contributed by atoms with Gasteiger partial charge < -0.3 is 14.6 Å². The Balaban J connectivity index is 1.74. The van der Waals surface area contributed by atoms with Crippen LogP contribution in [0.5, 0.6) is 11.5 Å². The summed E-state index contributed by atoms with van der Waals surface area (Å²) in [4.78, 5) is 32.7. The molecule has 1 aromatic heterocycles. The molecular weight excluding hydrogens is 488 g/mol. The van der Waals surface area contributed by atoms with Crippen LogP contribution in [0.3, 0.4) is 0 Å². The van der Waals surface area contributed by atoms with Crippen LogP contribution in [0, 0.1) is 0 Å². The van der Waals surface area contributed by atoms with Gasteiger partial charge in [0.25, 0.3) is 5.78 Å². The number of anilines is 1. The molecule has 2 heterocycles. The fourth-order valence-corrected chi connectivity index (χ4v) is 5.25. The van der Waals surface area contributed by atoms with E-state index < -0.39 is 17.7 Å². The van der Waals surface area contributed by atoms with Crippen LogP contribution in [-0.4, -0.2) is 36.0 Å². The molecule has 1 amide bonds. The van der Waals surface area contributed by atoms with Crippen molar-refractivity contribution in [3.05, 3.63) is 88.5 Å². The number of carbonyl (C=O) groups excluding carboxylic acids is 2. The molecule has 0 aliphatic carbocycles. The standard InChI is InChI=1S/C26H19ClN2O5S/c1-33-16-11-12-18-20(13-16)35-26(28-18)29-22(17-5-3-4-6-19(17)34-2)21(24(31)25(29)32)23(30)14-7-9-15(27)10-8-14/h3-13,22,30H,1-2H3/t22-/m1/s1. The molecule has 1 aliphatic heterocycles. The molecule has 0 spiro atoms. The highest BCUT2D eigenvalue weighted by Crippen LogP contribution is 2.46. The number of hydrogen-bond donors (Lipinski definition) is 1. The quantitative estimate of drug-likeness (QED) is 0.215. The Morgan fingerprint density at radius 2 is 1.77 bits per heavy atom. The SMILES string of the molecule is COc1ccc2nc(N3C(=O)C(=O)C(=C(O)c4ccc(Cl)cc4)[C@H]3c3ccccc3OC)sc2c1. The van der Waals surface area contributed by atoms with Crippen LogP contribution in [0.2, 0.25) is 5.02 Å². The zero-order valence-electron chi connectivity index (χ0n) is 18.7. The van der Waals surface area contributed by atoms with Crippen LogP contribution < -0.4 is 14.4 Å². The number of benzene rings is 3. The Labute approximate surface area is 209 Å². The predicted molar refractivity (Wildman–Crippen MR) is 135 cm³/mol. The number of aliphatic hydroxyl groups is 1. The fraction of sp³-hybridized carbons (Fsp3) is 0.115. The van der Waals surface area contributed by atoms with Crippen molar-refractivity contribution in [2.45, 2.75) is 6.04 Å². The molecule has 0 unspecified atom stereocenters. The first-order chi connectivity index (χ1) is 16.9. The zero-order valence-corrected chi connectivity index (χ0v) is 20.3. The van der Waals surface area contributed by atoms with Crippen molar-refractivity contribution in [1.82, 2.24) is 4.98 Å². The number of halogens is 1. The summed E-state index contributed by atoms with van der Waals surface area (Å²) in [5.74, 6) is -0.790. The number of aromatic nitrogens is 1. The molecule has 1 atom stereocenters. The monoisotopic (exact) mass is 506 g/mol. The van der Waals surface area contributed by atoms with E-state index >= 15 is 0 Å². The molecule has 0 saturated carbocycles. The number of carbonyl (C=O) groups is 2. The summed E-state index contributed by atoms with van der Waals surface area (Å²) in [6.45, 7) is 0. The van der Waals surface area contributed by atoms with Gasteiger partial charge in [-0.25, -0.2) is 4.98 Å². The van der Waals surface area contributed by atoms with Gasteiger partial charge in [-0.05, 0) is 48.5 Å². The zero-order chi connectivity index (χ0) is 24.7. The number of para-hydroxylation sites is 1. The van der Waals surface area contributed by atoms with E-state index in [4.69, 9.17) is 21.1 Å². The van der Waals surface area contributed by atoms with Gasteiger partial charge in [0.15, 0.2) is 5.13 Å². The number of rotatable bonds is 5. The molecule has 1 aliphatic rings. The lowest BCUT2D eigenvalue weighted by Gasteiger charge is -2.24. The summed E-state index contributed by atoms with van der Waals surface area (Å²) in [5, 5.41) is 12.0. The average molecular weight is 507 g/mol. The van der Waals surface area contributed by atoms with Crippen molar-refractivity contribution in [1.29, 1.82) is 0 Å². The van der Waals surface area contributed by atoms with Crippen LogP contribution in [-0.2, 0) is 9.59 Å². The molecule has 1 saturated heterocycles. The van der Waals surface area contributed by atoms with E-state index in [1.54, 1.807) is 67.8 Å². The van der Waals surface area contributed by atoms with Crippen molar-refractivity contribution in [2.75, 3.05) is 19.1 Å². The number of thiazole rings is 1. The van der Waals surface area contributed by atoms with Crippen LogP contribution in [0.4, 0.5) is 5.13 Å². The highest BCUT2D eigenvalue weighted by atomic mass is 35.5. The maximum Gasteiger partial charge on any atom is 0.301 e. The van der Waals surface area contributed by atoms with Gasteiger partial charge in [-0.1, -0.05) is 41.1 Å². The number of hydrogen-bond acceptors (Lipinski definition) is 7. The maximum atomic E-state index is 13.4. The molecule has 5 rings (SSSR count). The smallest absolute Gasteiger partial charge is 0.301 e. The largest absolute Gasteiger partial charge is 0.507 e. The summed E-state index contributed by atoms with van der Waals surface area (Å²) < 4.78 is 11.6. The molecule has 0 radical (unpaired) electrons. The first-order valence-corrected chi connectivity index (χ1v) is 11.8. The molecule has 7 nitrogen and oxygen atoms in total. The van der Waals surface area contributed by atoms with Gasteiger partial charge in [0, 0.05) is 16.1 Å². The number of ether oxygens (including phenoxy) is 2. The second-order valence-corrected chi connectivity index (χ2v) is 9.19. The van der Waals surface area contributed by atoms with Crippen molar-refractivity contribution < 1.29 is 24.2 Å². The van der Waals surface area contributed by atoms with E-state index in [1.165, 1.54) is 23.3 Å². The lowest BCUT2D eigenvalue weighted by Crippen LogP contribution is -2.29. The van der Waals surface area contributed by atoms with E-state index in [2.05, 4.69) is 4.98 Å². The van der Waals surface area contributed by atoms with Crippen LogP contribution in [0.15, 0.2) is 72.3 Å². The molecule has 1 fully saturated rings.